The zero-order valence-corrected chi connectivity index (χ0v) is 9.72. The maximum absolute atomic E-state index is 4.41. The third kappa shape index (κ3) is 1.93. The first-order valence-corrected chi connectivity index (χ1v) is 5.76. The Morgan fingerprint density at radius 3 is 2.82 bits per heavy atom. The monoisotopic (exact) mass is 226 g/mol. The number of H-pyrrole nitrogens is 1. The molecule has 0 bridgehead atoms. The van der Waals surface area contributed by atoms with Crippen LogP contribution >= 0.6 is 0 Å². The molecule has 4 heteroatoms. The van der Waals surface area contributed by atoms with Crippen LogP contribution in [-0.2, 0) is 12.8 Å². The van der Waals surface area contributed by atoms with E-state index in [1.54, 1.807) is 0 Å². The van der Waals surface area contributed by atoms with Crippen LogP contribution in [0.15, 0.2) is 36.4 Å². The highest BCUT2D eigenvalue weighted by molar-refractivity contribution is 5.38. The van der Waals surface area contributed by atoms with Crippen molar-refractivity contribution in [2.45, 2.75) is 19.8 Å². The summed E-state index contributed by atoms with van der Waals surface area (Å²) in [4.78, 5) is 0. The molecule has 0 aliphatic rings. The predicted octanol–water partition coefficient (Wildman–Crippen LogP) is 2.15. The van der Waals surface area contributed by atoms with E-state index in [1.165, 1.54) is 5.56 Å². The standard InChI is InChI=1S/C13H14N4/c1-10-9-13-15-14-12(17(13)16-10)8-7-11-5-3-2-4-6-11/h2-6,9,15H,7-8H2,1H3. The van der Waals surface area contributed by atoms with Gasteiger partial charge in [-0.2, -0.15) is 14.7 Å². The van der Waals surface area contributed by atoms with Crippen LogP contribution in [0.4, 0.5) is 0 Å². The Kier molecular flexibility index (Phi) is 2.40. The fraction of sp³-hybridized carbons (Fsp3) is 0.231. The normalized spacial score (nSPS) is 11.1. The molecule has 0 saturated carbocycles. The summed E-state index contributed by atoms with van der Waals surface area (Å²) in [6, 6.07) is 12.4. The number of aromatic amines is 1. The van der Waals surface area contributed by atoms with Crippen LogP contribution in [0, 0.1) is 6.92 Å². The Morgan fingerprint density at radius 1 is 1.18 bits per heavy atom. The van der Waals surface area contributed by atoms with Crippen molar-refractivity contribution < 1.29 is 0 Å². The molecule has 0 aliphatic carbocycles. The van der Waals surface area contributed by atoms with Crippen molar-refractivity contribution >= 4 is 5.65 Å². The van der Waals surface area contributed by atoms with Crippen LogP contribution in [-0.4, -0.2) is 19.8 Å². The van der Waals surface area contributed by atoms with Crippen LogP contribution < -0.4 is 0 Å². The van der Waals surface area contributed by atoms with E-state index in [1.807, 2.05) is 23.6 Å². The Balaban J connectivity index is 1.81. The number of hydrogen-bond acceptors (Lipinski definition) is 2. The van der Waals surface area contributed by atoms with E-state index in [9.17, 15) is 0 Å². The van der Waals surface area contributed by atoms with E-state index in [4.69, 9.17) is 0 Å². The molecule has 86 valence electrons. The summed E-state index contributed by atoms with van der Waals surface area (Å²) >= 11 is 0. The molecule has 2 heterocycles. The number of hydrogen-bond donors (Lipinski definition) is 1. The third-order valence-electron chi connectivity index (χ3n) is 2.86. The number of fused-ring (bicyclic) bond motifs is 1. The van der Waals surface area contributed by atoms with Crippen LogP contribution in [0.5, 0.6) is 0 Å². The molecule has 0 unspecified atom stereocenters. The molecular formula is C13H14N4. The molecular weight excluding hydrogens is 212 g/mol. The third-order valence-corrected chi connectivity index (χ3v) is 2.86. The van der Waals surface area contributed by atoms with E-state index < -0.39 is 0 Å². The average Bonchev–Trinajstić information content (AvgIpc) is 2.87. The molecule has 3 aromatic rings. The van der Waals surface area contributed by atoms with Crippen LogP contribution in [0.1, 0.15) is 17.1 Å². The molecule has 0 spiro atoms. The predicted molar refractivity (Wildman–Crippen MR) is 65.9 cm³/mol. The van der Waals surface area contributed by atoms with Gasteiger partial charge in [0.05, 0.1) is 5.69 Å². The van der Waals surface area contributed by atoms with Gasteiger partial charge in [0.15, 0.2) is 11.5 Å². The van der Waals surface area contributed by atoms with Crippen molar-refractivity contribution in [1.29, 1.82) is 0 Å². The first kappa shape index (κ1) is 10.1. The van der Waals surface area contributed by atoms with Gasteiger partial charge in [-0.3, -0.25) is 5.10 Å². The van der Waals surface area contributed by atoms with Crippen molar-refractivity contribution in [2.75, 3.05) is 0 Å². The number of rotatable bonds is 3. The maximum atomic E-state index is 4.41. The molecule has 2 aromatic heterocycles. The Bertz CT molecular complexity index is 621. The van der Waals surface area contributed by atoms with Crippen LogP contribution in [0.2, 0.25) is 0 Å². The fourth-order valence-electron chi connectivity index (χ4n) is 2.01. The first-order valence-electron chi connectivity index (χ1n) is 5.76. The van der Waals surface area contributed by atoms with E-state index in [0.29, 0.717) is 0 Å². The lowest BCUT2D eigenvalue weighted by Crippen LogP contribution is -1.99. The lowest BCUT2D eigenvalue weighted by atomic mass is 10.1. The van der Waals surface area contributed by atoms with Crippen LogP contribution in [0.25, 0.3) is 5.65 Å². The second-order valence-corrected chi connectivity index (χ2v) is 4.21. The van der Waals surface area contributed by atoms with E-state index >= 15 is 0 Å². The second-order valence-electron chi connectivity index (χ2n) is 4.21. The largest absolute Gasteiger partial charge is 0.259 e. The van der Waals surface area contributed by atoms with Crippen LogP contribution in [0.3, 0.4) is 0 Å². The molecule has 1 N–H and O–H groups in total. The highest BCUT2D eigenvalue weighted by Crippen LogP contribution is 2.08. The molecule has 1 aromatic carbocycles. The lowest BCUT2D eigenvalue weighted by Gasteiger charge is -1.98. The number of aromatic nitrogens is 4. The van der Waals surface area contributed by atoms with Gasteiger partial charge in [-0.05, 0) is 18.9 Å². The molecule has 0 saturated heterocycles. The van der Waals surface area contributed by atoms with Crippen molar-refractivity contribution in [2.24, 2.45) is 0 Å². The number of aryl methyl sites for hydroxylation is 3. The van der Waals surface area contributed by atoms with Gasteiger partial charge in [-0.15, -0.1) is 0 Å². The number of nitrogens with zero attached hydrogens (tertiary/aromatic N) is 3. The Labute approximate surface area is 99.3 Å². The van der Waals surface area contributed by atoms with Crippen molar-refractivity contribution in [3.63, 3.8) is 0 Å². The highest BCUT2D eigenvalue weighted by atomic mass is 15.4. The minimum atomic E-state index is 0.894. The van der Waals surface area contributed by atoms with E-state index in [0.717, 1.165) is 30.0 Å². The van der Waals surface area contributed by atoms with Gasteiger partial charge in [-0.25, -0.2) is 0 Å². The summed E-state index contributed by atoms with van der Waals surface area (Å²) in [7, 11) is 0. The molecule has 0 atom stereocenters. The van der Waals surface area contributed by atoms with Gasteiger partial charge >= 0.3 is 0 Å². The molecule has 4 nitrogen and oxygen atoms in total. The Hall–Kier alpha value is -2.10. The Morgan fingerprint density at radius 2 is 2.00 bits per heavy atom. The van der Waals surface area contributed by atoms with Gasteiger partial charge < -0.3 is 0 Å². The first-order chi connectivity index (χ1) is 8.33. The van der Waals surface area contributed by atoms with Crippen molar-refractivity contribution in [3.05, 3.63) is 53.5 Å². The number of nitrogens with one attached hydrogen (secondary N) is 1. The minimum Gasteiger partial charge on any atom is -0.259 e. The van der Waals surface area contributed by atoms with Crippen molar-refractivity contribution in [1.82, 2.24) is 19.8 Å². The van der Waals surface area contributed by atoms with Gasteiger partial charge in [-0.1, -0.05) is 30.3 Å². The summed E-state index contributed by atoms with van der Waals surface area (Å²) in [5.74, 6) is 0.983. The SMILES string of the molecule is Cc1cc2[nH]nc(CCc3ccccc3)n2n1. The topological polar surface area (TPSA) is 46.0 Å². The van der Waals surface area contributed by atoms with E-state index in [2.05, 4.69) is 39.6 Å². The maximum Gasteiger partial charge on any atom is 0.152 e. The van der Waals surface area contributed by atoms with Gasteiger partial charge in [0.1, 0.15) is 0 Å². The zero-order valence-electron chi connectivity index (χ0n) is 9.72. The fourth-order valence-corrected chi connectivity index (χ4v) is 2.01. The summed E-state index contributed by atoms with van der Waals surface area (Å²) in [5.41, 5.74) is 3.30. The average molecular weight is 226 g/mol. The smallest absolute Gasteiger partial charge is 0.152 e. The van der Waals surface area contributed by atoms with Crippen molar-refractivity contribution in [3.8, 4) is 0 Å². The lowest BCUT2D eigenvalue weighted by molar-refractivity contribution is 0.784. The molecule has 3 rings (SSSR count). The van der Waals surface area contributed by atoms with E-state index in [-0.39, 0.29) is 0 Å². The summed E-state index contributed by atoms with van der Waals surface area (Å²) < 4.78 is 1.89. The van der Waals surface area contributed by atoms with Gasteiger partial charge in [0, 0.05) is 12.5 Å². The minimum absolute atomic E-state index is 0.894. The number of benzene rings is 1. The quantitative estimate of drug-likeness (QED) is 0.743. The zero-order chi connectivity index (χ0) is 11.7. The molecule has 17 heavy (non-hydrogen) atoms. The van der Waals surface area contributed by atoms with Gasteiger partial charge in [0.2, 0.25) is 0 Å². The second kappa shape index (κ2) is 4.05. The molecule has 0 aliphatic heterocycles. The highest BCUT2D eigenvalue weighted by Gasteiger charge is 2.07. The summed E-state index contributed by atoms with van der Waals surface area (Å²) in [6.07, 6.45) is 1.88. The summed E-state index contributed by atoms with van der Waals surface area (Å²) in [5, 5.41) is 11.7. The summed E-state index contributed by atoms with van der Waals surface area (Å²) in [6.45, 7) is 1.99. The molecule has 0 amide bonds. The molecule has 0 radical (unpaired) electrons. The molecule has 0 fully saturated rings. The van der Waals surface area contributed by atoms with Gasteiger partial charge in [0.25, 0.3) is 0 Å².